The molecule has 1 atom stereocenters. The van der Waals surface area contributed by atoms with Gasteiger partial charge in [-0.25, -0.2) is 0 Å². The maximum atomic E-state index is 10.1. The van der Waals surface area contributed by atoms with Crippen molar-refractivity contribution < 1.29 is 9.90 Å². The van der Waals surface area contributed by atoms with Gasteiger partial charge in [-0.3, -0.25) is 4.79 Å². The van der Waals surface area contributed by atoms with E-state index in [2.05, 4.69) is 0 Å². The van der Waals surface area contributed by atoms with E-state index in [1.165, 1.54) is 0 Å². The van der Waals surface area contributed by atoms with Gasteiger partial charge >= 0.3 is 0 Å². The molecule has 0 fully saturated rings. The quantitative estimate of drug-likeness (QED) is 0.524. The van der Waals surface area contributed by atoms with Gasteiger partial charge in [0.1, 0.15) is 6.29 Å². The fraction of sp³-hybridized carbons (Fsp3) is 0.571. The molecule has 0 saturated heterocycles. The summed E-state index contributed by atoms with van der Waals surface area (Å²) < 4.78 is 0. The summed E-state index contributed by atoms with van der Waals surface area (Å²) in [5.74, 6) is 0. The molecule has 0 saturated carbocycles. The summed E-state index contributed by atoms with van der Waals surface area (Å²) >= 11 is 0. The molecule has 2 heteroatoms. The van der Waals surface area contributed by atoms with Crippen LogP contribution in [0.15, 0.2) is 11.6 Å². The van der Waals surface area contributed by atoms with Crippen LogP contribution in [0, 0.1) is 0 Å². The van der Waals surface area contributed by atoms with Crippen molar-refractivity contribution in [3.63, 3.8) is 0 Å². The number of aliphatic hydroxyl groups excluding tert-OH is 1. The van der Waals surface area contributed by atoms with Crippen LogP contribution in [0.4, 0.5) is 0 Å². The Morgan fingerprint density at radius 3 is 3.00 bits per heavy atom. The first-order valence-corrected chi connectivity index (χ1v) is 3.18. The van der Waals surface area contributed by atoms with Crippen molar-refractivity contribution >= 4 is 6.29 Å². The molecule has 0 aromatic carbocycles. The van der Waals surface area contributed by atoms with Crippen molar-refractivity contribution in [1.82, 2.24) is 0 Å². The molecule has 1 rings (SSSR count). The van der Waals surface area contributed by atoms with E-state index in [0.717, 1.165) is 25.5 Å². The molecule has 1 aliphatic carbocycles. The molecule has 0 amide bonds. The highest BCUT2D eigenvalue weighted by Gasteiger charge is 2.12. The van der Waals surface area contributed by atoms with Gasteiger partial charge in [0.25, 0.3) is 0 Å². The molecule has 0 aliphatic heterocycles. The third-order valence-electron chi connectivity index (χ3n) is 1.58. The van der Waals surface area contributed by atoms with Crippen molar-refractivity contribution in [3.05, 3.63) is 11.6 Å². The summed E-state index contributed by atoms with van der Waals surface area (Å²) in [5.41, 5.74) is 0.557. The summed E-state index contributed by atoms with van der Waals surface area (Å²) in [4.78, 5) is 10.1. The topological polar surface area (TPSA) is 37.3 Å². The van der Waals surface area contributed by atoms with Crippen LogP contribution in [0.1, 0.15) is 19.3 Å². The summed E-state index contributed by atoms with van der Waals surface area (Å²) in [7, 11) is 0. The second kappa shape index (κ2) is 2.78. The molecule has 9 heavy (non-hydrogen) atoms. The van der Waals surface area contributed by atoms with E-state index in [-0.39, 0.29) is 0 Å². The first-order valence-electron chi connectivity index (χ1n) is 3.18. The van der Waals surface area contributed by atoms with Crippen LogP contribution in [0.25, 0.3) is 0 Å². The lowest BCUT2D eigenvalue weighted by Crippen LogP contribution is -2.14. The first-order chi connectivity index (χ1) is 4.34. The molecule has 0 aromatic rings. The van der Waals surface area contributed by atoms with E-state index in [1.807, 2.05) is 0 Å². The zero-order chi connectivity index (χ0) is 6.69. The largest absolute Gasteiger partial charge is 0.388 e. The zero-order valence-electron chi connectivity index (χ0n) is 5.21. The van der Waals surface area contributed by atoms with Gasteiger partial charge in [-0.1, -0.05) is 6.08 Å². The standard InChI is InChI=1S/C7H10O2/c8-5-6-3-1-2-4-7(6)9/h3,5,7,9H,1-2,4H2/t7-/m0/s1. The highest BCUT2D eigenvalue weighted by Crippen LogP contribution is 2.15. The number of hydrogen-bond donors (Lipinski definition) is 1. The molecule has 0 unspecified atom stereocenters. The van der Waals surface area contributed by atoms with Gasteiger partial charge in [-0.2, -0.15) is 0 Å². The van der Waals surface area contributed by atoms with Gasteiger partial charge in [0.05, 0.1) is 6.10 Å². The van der Waals surface area contributed by atoms with Crippen molar-refractivity contribution in [3.8, 4) is 0 Å². The predicted molar refractivity (Wildman–Crippen MR) is 34.0 cm³/mol. The number of carbonyl (C=O) groups excluding carboxylic acids is 1. The number of aliphatic hydroxyl groups is 1. The Labute approximate surface area is 54.2 Å². The van der Waals surface area contributed by atoms with Gasteiger partial charge in [-0.15, -0.1) is 0 Å². The van der Waals surface area contributed by atoms with Gasteiger partial charge in [-0.05, 0) is 19.3 Å². The number of rotatable bonds is 1. The molecular weight excluding hydrogens is 116 g/mol. The Kier molecular flexibility index (Phi) is 2.01. The van der Waals surface area contributed by atoms with Crippen LogP contribution < -0.4 is 0 Å². The molecule has 1 aliphatic rings. The molecule has 50 valence electrons. The van der Waals surface area contributed by atoms with Crippen LogP contribution in [0.5, 0.6) is 0 Å². The third kappa shape index (κ3) is 1.39. The second-order valence-corrected chi connectivity index (χ2v) is 2.27. The average Bonchev–Trinajstić information content (AvgIpc) is 1.89. The SMILES string of the molecule is O=CC1=CCCC[C@@H]1O. The predicted octanol–water partition coefficient (Wildman–Crippen LogP) is 0.656. The first kappa shape index (κ1) is 6.49. The van der Waals surface area contributed by atoms with Crippen LogP contribution in [0.3, 0.4) is 0 Å². The lowest BCUT2D eigenvalue weighted by Gasteiger charge is -2.13. The van der Waals surface area contributed by atoms with Crippen LogP contribution in [0.2, 0.25) is 0 Å². The minimum absolute atomic E-state index is 0.490. The minimum atomic E-state index is -0.490. The van der Waals surface area contributed by atoms with Gasteiger partial charge in [0.15, 0.2) is 0 Å². The fourth-order valence-corrected chi connectivity index (χ4v) is 1.01. The number of allylic oxidation sites excluding steroid dienone is 1. The van der Waals surface area contributed by atoms with Crippen molar-refractivity contribution in [1.29, 1.82) is 0 Å². The third-order valence-corrected chi connectivity index (χ3v) is 1.58. The van der Waals surface area contributed by atoms with E-state index < -0.39 is 6.10 Å². The number of carbonyl (C=O) groups is 1. The fourth-order valence-electron chi connectivity index (χ4n) is 1.01. The van der Waals surface area contributed by atoms with E-state index in [0.29, 0.717) is 5.57 Å². The Bertz CT molecular complexity index is 138. The smallest absolute Gasteiger partial charge is 0.148 e. The van der Waals surface area contributed by atoms with Crippen molar-refractivity contribution in [2.45, 2.75) is 25.4 Å². The highest BCUT2D eigenvalue weighted by molar-refractivity contribution is 5.74. The second-order valence-electron chi connectivity index (χ2n) is 2.27. The Morgan fingerprint density at radius 1 is 1.78 bits per heavy atom. The molecule has 0 heterocycles. The Hall–Kier alpha value is -0.630. The van der Waals surface area contributed by atoms with Gasteiger partial charge in [0, 0.05) is 5.57 Å². The summed E-state index contributed by atoms with van der Waals surface area (Å²) in [5, 5.41) is 9.07. The van der Waals surface area contributed by atoms with Crippen molar-refractivity contribution in [2.24, 2.45) is 0 Å². The maximum absolute atomic E-state index is 10.1. The maximum Gasteiger partial charge on any atom is 0.148 e. The minimum Gasteiger partial charge on any atom is -0.388 e. The normalized spacial score (nSPS) is 27.2. The highest BCUT2D eigenvalue weighted by atomic mass is 16.3. The Morgan fingerprint density at radius 2 is 2.56 bits per heavy atom. The number of hydrogen-bond acceptors (Lipinski definition) is 2. The van der Waals surface area contributed by atoms with E-state index >= 15 is 0 Å². The summed E-state index contributed by atoms with van der Waals surface area (Å²) in [6.45, 7) is 0. The molecule has 0 spiro atoms. The van der Waals surface area contributed by atoms with E-state index in [4.69, 9.17) is 5.11 Å². The zero-order valence-corrected chi connectivity index (χ0v) is 5.21. The summed E-state index contributed by atoms with van der Waals surface area (Å²) in [6.07, 6.45) is 4.73. The van der Waals surface area contributed by atoms with Gasteiger partial charge < -0.3 is 5.11 Å². The van der Waals surface area contributed by atoms with Crippen molar-refractivity contribution in [2.75, 3.05) is 0 Å². The van der Waals surface area contributed by atoms with Crippen LogP contribution >= 0.6 is 0 Å². The van der Waals surface area contributed by atoms with Gasteiger partial charge in [0.2, 0.25) is 0 Å². The summed E-state index contributed by atoms with van der Waals surface area (Å²) in [6, 6.07) is 0. The van der Waals surface area contributed by atoms with Crippen LogP contribution in [-0.2, 0) is 4.79 Å². The lowest BCUT2D eigenvalue weighted by molar-refractivity contribution is -0.105. The lowest BCUT2D eigenvalue weighted by atomic mass is 9.98. The molecular formula is C7H10O2. The molecule has 0 radical (unpaired) electrons. The van der Waals surface area contributed by atoms with E-state index in [1.54, 1.807) is 6.08 Å². The van der Waals surface area contributed by atoms with E-state index in [9.17, 15) is 4.79 Å². The molecule has 0 bridgehead atoms. The Balaban J connectivity index is 2.63. The number of aldehydes is 1. The molecule has 2 nitrogen and oxygen atoms in total. The monoisotopic (exact) mass is 126 g/mol. The molecule has 0 aromatic heterocycles. The molecule has 1 N–H and O–H groups in total. The average molecular weight is 126 g/mol. The van der Waals surface area contributed by atoms with Crippen LogP contribution in [-0.4, -0.2) is 17.5 Å².